The van der Waals surface area contributed by atoms with E-state index < -0.39 is 12.1 Å². The predicted octanol–water partition coefficient (Wildman–Crippen LogP) is 19.1. The molecule has 0 bridgehead atoms. The van der Waals surface area contributed by atoms with Crippen molar-refractivity contribution in [2.75, 3.05) is 13.2 Å². The van der Waals surface area contributed by atoms with Crippen molar-refractivity contribution in [3.05, 3.63) is 60.8 Å². The van der Waals surface area contributed by atoms with Gasteiger partial charge < -0.3 is 20.3 Å². The van der Waals surface area contributed by atoms with Gasteiger partial charge in [-0.1, -0.05) is 267 Å². The van der Waals surface area contributed by atoms with Crippen LogP contribution >= 0.6 is 0 Å². The number of aliphatic hydroxyl groups is 2. The number of hydrogen-bond donors (Lipinski definition) is 3. The number of amides is 1. The van der Waals surface area contributed by atoms with Crippen molar-refractivity contribution >= 4 is 11.9 Å². The fourth-order valence-electron chi connectivity index (χ4n) is 9.05. The van der Waals surface area contributed by atoms with Gasteiger partial charge in [-0.3, -0.25) is 9.59 Å². The first-order valence-corrected chi connectivity index (χ1v) is 30.6. The highest BCUT2D eigenvalue weighted by Crippen LogP contribution is 2.16. The first-order valence-electron chi connectivity index (χ1n) is 30.6. The summed E-state index contributed by atoms with van der Waals surface area (Å²) in [5.41, 5.74) is 0. The number of nitrogens with one attached hydrogen (secondary N) is 1. The van der Waals surface area contributed by atoms with Gasteiger partial charge in [0.15, 0.2) is 0 Å². The number of allylic oxidation sites excluding steroid dienone is 9. The fraction of sp³-hybridized carbons (Fsp3) is 0.812. The highest BCUT2D eigenvalue weighted by Gasteiger charge is 2.18. The topological polar surface area (TPSA) is 95.9 Å². The second-order valence-corrected chi connectivity index (χ2v) is 20.7. The van der Waals surface area contributed by atoms with E-state index in [1.807, 2.05) is 6.08 Å². The van der Waals surface area contributed by atoms with E-state index in [1.54, 1.807) is 6.08 Å². The molecule has 0 aliphatic carbocycles. The van der Waals surface area contributed by atoms with Gasteiger partial charge in [-0.05, 0) is 89.9 Å². The molecule has 70 heavy (non-hydrogen) atoms. The number of aliphatic hydroxyl groups excluding tert-OH is 2. The smallest absolute Gasteiger partial charge is 0.305 e. The van der Waals surface area contributed by atoms with Gasteiger partial charge in [0, 0.05) is 12.8 Å². The Morgan fingerprint density at radius 2 is 0.743 bits per heavy atom. The number of carbonyl (C=O) groups excluding carboxylic acids is 2. The molecule has 6 nitrogen and oxygen atoms in total. The van der Waals surface area contributed by atoms with E-state index >= 15 is 0 Å². The van der Waals surface area contributed by atoms with Crippen molar-refractivity contribution in [3.63, 3.8) is 0 Å². The zero-order chi connectivity index (χ0) is 50.7. The van der Waals surface area contributed by atoms with E-state index in [1.165, 1.54) is 225 Å². The Labute approximate surface area is 435 Å². The molecule has 0 heterocycles. The molecule has 2 unspecified atom stereocenters. The van der Waals surface area contributed by atoms with Gasteiger partial charge >= 0.3 is 5.97 Å². The monoisotopic (exact) mass is 980 g/mol. The highest BCUT2D eigenvalue weighted by atomic mass is 16.5. The summed E-state index contributed by atoms with van der Waals surface area (Å²) in [6, 6.07) is -0.631. The quantitative estimate of drug-likeness (QED) is 0.0321. The Bertz CT molecular complexity index is 1220. The molecular formula is C64H117NO5. The molecule has 0 saturated carbocycles. The lowest BCUT2D eigenvalue weighted by molar-refractivity contribution is -0.143. The van der Waals surface area contributed by atoms with Gasteiger partial charge in [0.1, 0.15) is 0 Å². The zero-order valence-electron chi connectivity index (χ0n) is 46.5. The maximum Gasteiger partial charge on any atom is 0.305 e. The molecule has 0 aromatic carbocycles. The number of unbranched alkanes of at least 4 members (excludes halogenated alkanes) is 37. The van der Waals surface area contributed by atoms with Crippen LogP contribution in [0.3, 0.4) is 0 Å². The average molecular weight is 981 g/mol. The van der Waals surface area contributed by atoms with Crippen LogP contribution in [-0.2, 0) is 14.3 Å². The van der Waals surface area contributed by atoms with Crippen LogP contribution in [0.25, 0.3) is 0 Å². The van der Waals surface area contributed by atoms with E-state index in [4.69, 9.17) is 4.74 Å². The van der Waals surface area contributed by atoms with Crippen LogP contribution in [0.1, 0.15) is 309 Å². The molecule has 0 radical (unpaired) electrons. The van der Waals surface area contributed by atoms with Crippen molar-refractivity contribution in [3.8, 4) is 0 Å². The maximum absolute atomic E-state index is 12.4. The molecule has 0 saturated heterocycles. The van der Waals surface area contributed by atoms with Gasteiger partial charge in [0.2, 0.25) is 5.91 Å². The summed E-state index contributed by atoms with van der Waals surface area (Å²) in [4.78, 5) is 24.5. The van der Waals surface area contributed by atoms with E-state index in [0.717, 1.165) is 57.8 Å². The van der Waals surface area contributed by atoms with E-state index in [0.29, 0.717) is 19.4 Å². The summed E-state index contributed by atoms with van der Waals surface area (Å²) in [6.45, 7) is 4.82. The Kier molecular flexibility index (Phi) is 57.1. The molecule has 0 aromatic heterocycles. The van der Waals surface area contributed by atoms with Crippen LogP contribution in [0.5, 0.6) is 0 Å². The Morgan fingerprint density at radius 3 is 1.14 bits per heavy atom. The summed E-state index contributed by atoms with van der Waals surface area (Å²) in [5, 5.41) is 23.1. The van der Waals surface area contributed by atoms with E-state index in [2.05, 4.69) is 67.8 Å². The first-order chi connectivity index (χ1) is 34.5. The molecule has 0 fully saturated rings. The molecule has 3 N–H and O–H groups in total. The van der Waals surface area contributed by atoms with Gasteiger partial charge in [-0.2, -0.15) is 0 Å². The third kappa shape index (κ3) is 54.9. The number of ether oxygens (including phenoxy) is 1. The van der Waals surface area contributed by atoms with Gasteiger partial charge in [-0.25, -0.2) is 0 Å². The first kappa shape index (κ1) is 67.6. The molecule has 408 valence electrons. The van der Waals surface area contributed by atoms with Crippen molar-refractivity contribution in [1.82, 2.24) is 5.32 Å². The minimum Gasteiger partial charge on any atom is -0.466 e. The summed E-state index contributed by atoms with van der Waals surface area (Å²) < 4.78 is 5.46. The van der Waals surface area contributed by atoms with Crippen molar-refractivity contribution in [2.45, 2.75) is 321 Å². The SMILES string of the molecule is CCC/C=C\C/C=C\CCCCCCCC(=O)OCCCCCCCCCCC/C=C\C/C=C\CCCCCCCCCCCCCC(=O)NC(CO)C(O)/C=C/CCCCCCCCCCCCC. The minimum atomic E-state index is -0.847. The van der Waals surface area contributed by atoms with Crippen LogP contribution in [0.2, 0.25) is 0 Å². The number of carbonyl (C=O) groups is 2. The number of esters is 1. The Balaban J connectivity index is 3.45. The minimum absolute atomic E-state index is 0.00589. The summed E-state index contributed by atoms with van der Waals surface area (Å²) in [6.07, 6.45) is 76.9. The van der Waals surface area contributed by atoms with Crippen LogP contribution in [0, 0.1) is 0 Å². The van der Waals surface area contributed by atoms with E-state index in [9.17, 15) is 19.8 Å². The summed E-state index contributed by atoms with van der Waals surface area (Å²) in [7, 11) is 0. The van der Waals surface area contributed by atoms with Gasteiger partial charge in [0.05, 0.1) is 25.4 Å². The van der Waals surface area contributed by atoms with Crippen LogP contribution < -0.4 is 5.32 Å². The largest absolute Gasteiger partial charge is 0.466 e. The van der Waals surface area contributed by atoms with Crippen LogP contribution in [-0.4, -0.2) is 47.4 Å². The zero-order valence-corrected chi connectivity index (χ0v) is 46.5. The summed E-state index contributed by atoms with van der Waals surface area (Å²) in [5.74, 6) is -0.0778. The normalized spacial score (nSPS) is 13.0. The Hall–Kier alpha value is -2.44. The lowest BCUT2D eigenvalue weighted by atomic mass is 10.0. The molecule has 0 aromatic rings. The van der Waals surface area contributed by atoms with E-state index in [-0.39, 0.29) is 18.5 Å². The molecular weight excluding hydrogens is 863 g/mol. The lowest BCUT2D eigenvalue weighted by Gasteiger charge is -2.20. The number of rotatable bonds is 56. The second kappa shape index (κ2) is 59.1. The average Bonchev–Trinajstić information content (AvgIpc) is 3.36. The second-order valence-electron chi connectivity index (χ2n) is 20.7. The van der Waals surface area contributed by atoms with Gasteiger partial charge in [0.25, 0.3) is 0 Å². The molecule has 0 spiro atoms. The summed E-state index contributed by atoms with van der Waals surface area (Å²) >= 11 is 0. The lowest BCUT2D eigenvalue weighted by Crippen LogP contribution is -2.45. The Morgan fingerprint density at radius 1 is 0.400 bits per heavy atom. The standard InChI is InChI=1S/C64H117NO5/c1-3-5-7-9-11-13-15-32-36-40-44-48-52-56-62(67)61(60-66)65-63(68)57-53-49-45-41-37-34-30-28-26-24-22-20-18-17-19-21-23-25-27-29-31-35-39-43-47-51-55-59-70-64(69)58-54-50-46-42-38-33-16-14-12-10-8-6-4-2/h8,10,14,16-18,21,23,52,56,61-62,66-67H,3-7,9,11-13,15,19-20,22,24-51,53-55,57-60H2,1-2H3,(H,65,68)/b10-8-,16-14-,18-17-,23-21-,56-52+. The molecule has 0 rings (SSSR count). The molecule has 0 aliphatic rings. The third-order valence-electron chi connectivity index (χ3n) is 13.7. The van der Waals surface area contributed by atoms with Gasteiger partial charge in [-0.15, -0.1) is 0 Å². The molecule has 2 atom stereocenters. The van der Waals surface area contributed by atoms with Crippen molar-refractivity contribution < 1.29 is 24.5 Å². The molecule has 0 aliphatic heterocycles. The van der Waals surface area contributed by atoms with Crippen molar-refractivity contribution in [1.29, 1.82) is 0 Å². The number of hydrogen-bond acceptors (Lipinski definition) is 5. The molecule has 1 amide bonds. The maximum atomic E-state index is 12.4. The van der Waals surface area contributed by atoms with Crippen LogP contribution in [0.15, 0.2) is 60.8 Å². The third-order valence-corrected chi connectivity index (χ3v) is 13.7. The van der Waals surface area contributed by atoms with Crippen LogP contribution in [0.4, 0.5) is 0 Å². The fourth-order valence-corrected chi connectivity index (χ4v) is 9.05. The predicted molar refractivity (Wildman–Crippen MR) is 305 cm³/mol. The molecule has 6 heteroatoms. The highest BCUT2D eigenvalue weighted by molar-refractivity contribution is 5.76. The van der Waals surface area contributed by atoms with Crippen molar-refractivity contribution in [2.24, 2.45) is 0 Å².